The van der Waals surface area contributed by atoms with E-state index in [2.05, 4.69) is 21.2 Å². The van der Waals surface area contributed by atoms with Gasteiger partial charge in [0, 0.05) is 31.2 Å². The van der Waals surface area contributed by atoms with Crippen LogP contribution in [0.1, 0.15) is 18.9 Å². The van der Waals surface area contributed by atoms with Crippen LogP contribution in [0.5, 0.6) is 0 Å². The number of amides is 1. The Morgan fingerprint density at radius 2 is 2.26 bits per heavy atom. The van der Waals surface area contributed by atoms with Crippen LogP contribution in [0.3, 0.4) is 0 Å². The average molecular weight is 330 g/mol. The predicted molar refractivity (Wildman–Crippen MR) is 78.0 cm³/mol. The molecule has 1 rings (SSSR count). The summed E-state index contributed by atoms with van der Waals surface area (Å²) in [5.74, 6) is -0.101. The highest BCUT2D eigenvalue weighted by atomic mass is 79.9. The average Bonchev–Trinajstić information content (AvgIpc) is 2.34. The fourth-order valence-corrected chi connectivity index (χ4v) is 2.04. The van der Waals surface area contributed by atoms with Crippen molar-refractivity contribution in [1.82, 2.24) is 5.32 Å². The maximum atomic E-state index is 11.8. The highest BCUT2D eigenvalue weighted by Gasteiger charge is 2.20. The summed E-state index contributed by atoms with van der Waals surface area (Å²) in [6.07, 6.45) is 0.792. The number of halogens is 1. The largest absolute Gasteiger partial charge is 0.388 e. The minimum absolute atomic E-state index is 0.101. The fourth-order valence-electron chi connectivity index (χ4n) is 1.59. The standard InChI is InChI=1S/C14H20BrNO3/c1-14(18,6-7-19-2)10-16-13(17)9-11-4-3-5-12(15)8-11/h3-5,8,18H,6-7,9-10H2,1-2H3,(H,16,17). The highest BCUT2D eigenvalue weighted by Crippen LogP contribution is 2.12. The topological polar surface area (TPSA) is 58.6 Å². The van der Waals surface area contributed by atoms with Crippen LogP contribution in [-0.4, -0.2) is 36.9 Å². The minimum Gasteiger partial charge on any atom is -0.388 e. The summed E-state index contributed by atoms with van der Waals surface area (Å²) in [6.45, 7) is 2.38. The molecule has 1 unspecified atom stereocenters. The highest BCUT2D eigenvalue weighted by molar-refractivity contribution is 9.10. The van der Waals surface area contributed by atoms with Crippen molar-refractivity contribution in [3.05, 3.63) is 34.3 Å². The Bertz CT molecular complexity index is 421. The number of hydrogen-bond acceptors (Lipinski definition) is 3. The van der Waals surface area contributed by atoms with Crippen LogP contribution in [0.2, 0.25) is 0 Å². The third-order valence-corrected chi connectivity index (χ3v) is 3.26. The maximum absolute atomic E-state index is 11.8. The van der Waals surface area contributed by atoms with Crippen LogP contribution < -0.4 is 5.32 Å². The predicted octanol–water partition coefficient (Wildman–Crippen LogP) is 1.90. The van der Waals surface area contributed by atoms with Crippen molar-refractivity contribution in [2.45, 2.75) is 25.4 Å². The molecular formula is C14H20BrNO3. The van der Waals surface area contributed by atoms with E-state index < -0.39 is 5.60 Å². The van der Waals surface area contributed by atoms with Crippen LogP contribution in [0.25, 0.3) is 0 Å². The molecule has 2 N–H and O–H groups in total. The van der Waals surface area contributed by atoms with Crippen molar-refractivity contribution in [1.29, 1.82) is 0 Å². The third kappa shape index (κ3) is 6.71. The summed E-state index contributed by atoms with van der Waals surface area (Å²) in [7, 11) is 1.59. The molecule has 0 aliphatic rings. The molecule has 1 atom stereocenters. The second-order valence-electron chi connectivity index (χ2n) is 4.82. The number of hydrogen-bond donors (Lipinski definition) is 2. The Morgan fingerprint density at radius 3 is 2.89 bits per heavy atom. The van der Waals surface area contributed by atoms with Gasteiger partial charge in [-0.1, -0.05) is 28.1 Å². The number of ether oxygens (including phenoxy) is 1. The molecule has 1 aromatic rings. The molecule has 1 aromatic carbocycles. The van der Waals surface area contributed by atoms with E-state index >= 15 is 0 Å². The van der Waals surface area contributed by atoms with E-state index in [-0.39, 0.29) is 12.5 Å². The first-order valence-corrected chi connectivity index (χ1v) is 6.95. The normalized spacial score (nSPS) is 13.9. The zero-order chi connectivity index (χ0) is 14.3. The molecule has 19 heavy (non-hydrogen) atoms. The van der Waals surface area contributed by atoms with E-state index in [0.29, 0.717) is 19.4 Å². The number of carbonyl (C=O) groups is 1. The van der Waals surface area contributed by atoms with Gasteiger partial charge in [0.1, 0.15) is 0 Å². The van der Waals surface area contributed by atoms with E-state index in [0.717, 1.165) is 10.0 Å². The molecule has 4 nitrogen and oxygen atoms in total. The molecule has 106 valence electrons. The summed E-state index contributed by atoms with van der Waals surface area (Å²) >= 11 is 3.37. The molecule has 0 saturated heterocycles. The summed E-state index contributed by atoms with van der Waals surface area (Å²) in [6, 6.07) is 7.61. The number of rotatable bonds is 7. The van der Waals surface area contributed by atoms with Crippen LogP contribution in [-0.2, 0) is 16.0 Å². The van der Waals surface area contributed by atoms with Gasteiger partial charge in [-0.3, -0.25) is 4.79 Å². The van der Waals surface area contributed by atoms with Crippen LogP contribution in [0.4, 0.5) is 0 Å². The Balaban J connectivity index is 2.39. The third-order valence-electron chi connectivity index (χ3n) is 2.76. The molecule has 0 aliphatic carbocycles. The van der Waals surface area contributed by atoms with Gasteiger partial charge >= 0.3 is 0 Å². The lowest BCUT2D eigenvalue weighted by Crippen LogP contribution is -2.41. The monoisotopic (exact) mass is 329 g/mol. The van der Waals surface area contributed by atoms with Gasteiger partial charge in [-0.15, -0.1) is 0 Å². The smallest absolute Gasteiger partial charge is 0.224 e. The molecule has 0 aromatic heterocycles. The maximum Gasteiger partial charge on any atom is 0.224 e. The molecule has 0 aliphatic heterocycles. The second kappa shape index (κ2) is 7.62. The van der Waals surface area contributed by atoms with Crippen LogP contribution in [0.15, 0.2) is 28.7 Å². The SMILES string of the molecule is COCCC(C)(O)CNC(=O)Cc1cccc(Br)c1. The molecule has 0 radical (unpaired) electrons. The Labute approximate surface area is 122 Å². The van der Waals surface area contributed by atoms with Crippen molar-refractivity contribution < 1.29 is 14.6 Å². The summed E-state index contributed by atoms with van der Waals surface area (Å²) in [4.78, 5) is 11.8. The van der Waals surface area contributed by atoms with Gasteiger partial charge in [-0.25, -0.2) is 0 Å². The quantitative estimate of drug-likeness (QED) is 0.803. The Morgan fingerprint density at radius 1 is 1.53 bits per heavy atom. The first-order valence-electron chi connectivity index (χ1n) is 6.15. The Kier molecular flexibility index (Phi) is 6.48. The summed E-state index contributed by atoms with van der Waals surface area (Å²) in [5.41, 5.74) is -0.00781. The molecule has 1 amide bonds. The first-order chi connectivity index (χ1) is 8.93. The lowest BCUT2D eigenvalue weighted by molar-refractivity contribution is -0.121. The molecule has 0 fully saturated rings. The van der Waals surface area contributed by atoms with E-state index in [4.69, 9.17) is 4.74 Å². The van der Waals surface area contributed by atoms with E-state index in [1.54, 1.807) is 14.0 Å². The van der Waals surface area contributed by atoms with Gasteiger partial charge < -0.3 is 15.2 Å². The van der Waals surface area contributed by atoms with Crippen molar-refractivity contribution >= 4 is 21.8 Å². The summed E-state index contributed by atoms with van der Waals surface area (Å²) in [5, 5.41) is 12.7. The number of nitrogens with one attached hydrogen (secondary N) is 1. The Hall–Kier alpha value is -0.910. The molecular weight excluding hydrogens is 310 g/mol. The number of methoxy groups -OCH3 is 1. The molecule has 0 spiro atoms. The second-order valence-corrected chi connectivity index (χ2v) is 5.74. The number of carbonyl (C=O) groups excluding carboxylic acids is 1. The van der Waals surface area contributed by atoms with Gasteiger partial charge in [0.15, 0.2) is 0 Å². The molecule has 0 bridgehead atoms. The van der Waals surface area contributed by atoms with Crippen molar-refractivity contribution in [3.8, 4) is 0 Å². The van der Waals surface area contributed by atoms with Crippen LogP contribution in [0, 0.1) is 0 Å². The van der Waals surface area contributed by atoms with Crippen molar-refractivity contribution in [3.63, 3.8) is 0 Å². The number of aliphatic hydroxyl groups is 1. The van der Waals surface area contributed by atoms with Gasteiger partial charge in [-0.05, 0) is 24.6 Å². The molecule has 0 saturated carbocycles. The number of benzene rings is 1. The van der Waals surface area contributed by atoms with E-state index in [1.165, 1.54) is 0 Å². The zero-order valence-electron chi connectivity index (χ0n) is 11.3. The minimum atomic E-state index is -0.942. The van der Waals surface area contributed by atoms with Gasteiger partial charge in [0.05, 0.1) is 12.0 Å². The molecule has 0 heterocycles. The fraction of sp³-hybridized carbons (Fsp3) is 0.500. The van der Waals surface area contributed by atoms with Gasteiger partial charge in [0.25, 0.3) is 0 Å². The van der Waals surface area contributed by atoms with Crippen molar-refractivity contribution in [2.75, 3.05) is 20.3 Å². The van der Waals surface area contributed by atoms with E-state index in [1.807, 2.05) is 24.3 Å². The van der Waals surface area contributed by atoms with Gasteiger partial charge in [0.2, 0.25) is 5.91 Å². The lowest BCUT2D eigenvalue weighted by atomic mass is 10.0. The van der Waals surface area contributed by atoms with Crippen LogP contribution >= 0.6 is 15.9 Å². The zero-order valence-corrected chi connectivity index (χ0v) is 12.9. The molecule has 5 heteroatoms. The lowest BCUT2D eigenvalue weighted by Gasteiger charge is -2.23. The first kappa shape index (κ1) is 16.1. The summed E-state index contributed by atoms with van der Waals surface area (Å²) < 4.78 is 5.86. The van der Waals surface area contributed by atoms with Crippen molar-refractivity contribution in [2.24, 2.45) is 0 Å². The van der Waals surface area contributed by atoms with Gasteiger partial charge in [-0.2, -0.15) is 0 Å². The van der Waals surface area contributed by atoms with E-state index in [9.17, 15) is 9.90 Å².